The lowest BCUT2D eigenvalue weighted by molar-refractivity contribution is 0.340. The minimum atomic E-state index is 0.283. The van der Waals surface area contributed by atoms with Crippen molar-refractivity contribution in [3.05, 3.63) is 54.0 Å². The number of nitrogens with one attached hydrogen (secondary N) is 1. The third-order valence-electron chi connectivity index (χ3n) is 2.85. The van der Waals surface area contributed by atoms with Crippen LogP contribution in [0.25, 0.3) is 0 Å². The molecule has 0 saturated carbocycles. The highest BCUT2D eigenvalue weighted by molar-refractivity contribution is 5.28. The van der Waals surface area contributed by atoms with Gasteiger partial charge in [0.1, 0.15) is 11.5 Å². The molecule has 0 radical (unpaired) electrons. The number of benzene rings is 1. The molecule has 0 aliphatic heterocycles. The Hall–Kier alpha value is -1.74. The molecule has 3 heteroatoms. The molecule has 0 aliphatic rings. The average Bonchev–Trinajstić information content (AvgIpc) is 2.90. The summed E-state index contributed by atoms with van der Waals surface area (Å²) in [5.74, 6) is 1.87. The van der Waals surface area contributed by atoms with E-state index in [9.17, 15) is 0 Å². The van der Waals surface area contributed by atoms with Crippen molar-refractivity contribution < 1.29 is 9.15 Å². The molecule has 2 aromatic rings. The Morgan fingerprint density at radius 3 is 2.61 bits per heavy atom. The fourth-order valence-corrected chi connectivity index (χ4v) is 1.80. The van der Waals surface area contributed by atoms with Gasteiger partial charge < -0.3 is 14.5 Å². The predicted molar refractivity (Wildman–Crippen MR) is 71.6 cm³/mol. The molecule has 0 bridgehead atoms. The maximum atomic E-state index is 5.42. The van der Waals surface area contributed by atoms with Gasteiger partial charge in [-0.1, -0.05) is 12.1 Å². The van der Waals surface area contributed by atoms with Gasteiger partial charge in [-0.2, -0.15) is 0 Å². The molecular formula is C15H19NO2. The van der Waals surface area contributed by atoms with Gasteiger partial charge in [-0.05, 0) is 43.7 Å². The number of rotatable bonds is 6. The quantitative estimate of drug-likeness (QED) is 0.845. The van der Waals surface area contributed by atoms with E-state index in [0.717, 1.165) is 18.1 Å². The van der Waals surface area contributed by atoms with E-state index in [1.165, 1.54) is 5.56 Å². The van der Waals surface area contributed by atoms with Crippen molar-refractivity contribution in [1.82, 2.24) is 5.32 Å². The van der Waals surface area contributed by atoms with Gasteiger partial charge in [0, 0.05) is 6.04 Å². The third-order valence-corrected chi connectivity index (χ3v) is 2.85. The largest absolute Gasteiger partial charge is 0.494 e. The predicted octanol–water partition coefficient (Wildman–Crippen LogP) is 3.53. The summed E-state index contributed by atoms with van der Waals surface area (Å²) in [5, 5.41) is 3.42. The highest BCUT2D eigenvalue weighted by Gasteiger charge is 2.05. The zero-order valence-corrected chi connectivity index (χ0v) is 10.8. The van der Waals surface area contributed by atoms with E-state index in [1.807, 2.05) is 31.2 Å². The molecule has 0 spiro atoms. The monoisotopic (exact) mass is 245 g/mol. The smallest absolute Gasteiger partial charge is 0.119 e. The highest BCUT2D eigenvalue weighted by Crippen LogP contribution is 2.18. The van der Waals surface area contributed by atoms with Gasteiger partial charge >= 0.3 is 0 Å². The zero-order chi connectivity index (χ0) is 12.8. The molecule has 18 heavy (non-hydrogen) atoms. The summed E-state index contributed by atoms with van der Waals surface area (Å²) in [6.45, 7) is 5.56. The Morgan fingerprint density at radius 2 is 2.00 bits per heavy atom. The van der Waals surface area contributed by atoms with E-state index >= 15 is 0 Å². The Kier molecular flexibility index (Phi) is 4.42. The molecule has 1 aromatic heterocycles. The number of hydrogen-bond acceptors (Lipinski definition) is 3. The Balaban J connectivity index is 1.89. The van der Waals surface area contributed by atoms with Gasteiger partial charge in [0.2, 0.25) is 0 Å². The molecule has 2 rings (SSSR count). The van der Waals surface area contributed by atoms with Gasteiger partial charge in [0.25, 0.3) is 0 Å². The minimum absolute atomic E-state index is 0.283. The molecule has 1 unspecified atom stereocenters. The van der Waals surface area contributed by atoms with Crippen LogP contribution in [0.1, 0.15) is 31.2 Å². The van der Waals surface area contributed by atoms with Crippen molar-refractivity contribution >= 4 is 0 Å². The van der Waals surface area contributed by atoms with Gasteiger partial charge in [0.05, 0.1) is 19.4 Å². The van der Waals surface area contributed by atoms with Crippen LogP contribution in [-0.2, 0) is 6.54 Å². The van der Waals surface area contributed by atoms with Crippen LogP contribution in [0.5, 0.6) is 5.75 Å². The summed E-state index contributed by atoms with van der Waals surface area (Å²) in [5.41, 5.74) is 1.24. The number of ether oxygens (including phenoxy) is 1. The fourth-order valence-electron chi connectivity index (χ4n) is 1.80. The van der Waals surface area contributed by atoms with Crippen molar-refractivity contribution in [2.45, 2.75) is 26.4 Å². The second-order valence-electron chi connectivity index (χ2n) is 4.18. The van der Waals surface area contributed by atoms with E-state index in [1.54, 1.807) is 6.26 Å². The first-order valence-electron chi connectivity index (χ1n) is 6.28. The molecule has 1 heterocycles. The molecule has 0 fully saturated rings. The van der Waals surface area contributed by atoms with Gasteiger partial charge in [0.15, 0.2) is 0 Å². The molecule has 1 aromatic carbocycles. The van der Waals surface area contributed by atoms with E-state index in [4.69, 9.17) is 9.15 Å². The third kappa shape index (κ3) is 3.37. The normalized spacial score (nSPS) is 12.3. The van der Waals surface area contributed by atoms with Gasteiger partial charge in [-0.15, -0.1) is 0 Å². The lowest BCUT2D eigenvalue weighted by Crippen LogP contribution is -2.17. The van der Waals surface area contributed by atoms with Crippen LogP contribution < -0.4 is 10.1 Å². The second-order valence-corrected chi connectivity index (χ2v) is 4.18. The van der Waals surface area contributed by atoms with Crippen molar-refractivity contribution in [2.24, 2.45) is 0 Å². The maximum Gasteiger partial charge on any atom is 0.119 e. The van der Waals surface area contributed by atoms with Crippen LogP contribution in [0, 0.1) is 0 Å². The van der Waals surface area contributed by atoms with Crippen LogP contribution in [0.2, 0.25) is 0 Å². The topological polar surface area (TPSA) is 34.4 Å². The van der Waals surface area contributed by atoms with Crippen molar-refractivity contribution in [2.75, 3.05) is 6.61 Å². The molecular weight excluding hydrogens is 226 g/mol. The lowest BCUT2D eigenvalue weighted by atomic mass is 10.1. The SMILES string of the molecule is CCOc1ccc(C(C)NCc2ccco2)cc1. The molecule has 0 saturated heterocycles. The summed E-state index contributed by atoms with van der Waals surface area (Å²) >= 11 is 0. The van der Waals surface area contributed by atoms with Crippen LogP contribution >= 0.6 is 0 Å². The zero-order valence-electron chi connectivity index (χ0n) is 10.8. The molecule has 1 N–H and O–H groups in total. The van der Waals surface area contributed by atoms with Crippen molar-refractivity contribution in [1.29, 1.82) is 0 Å². The van der Waals surface area contributed by atoms with Crippen LogP contribution in [0.3, 0.4) is 0 Å². The molecule has 0 aliphatic carbocycles. The summed E-state index contributed by atoms with van der Waals surface area (Å²) in [6.07, 6.45) is 1.69. The molecule has 96 valence electrons. The van der Waals surface area contributed by atoms with Crippen LogP contribution in [-0.4, -0.2) is 6.61 Å². The van der Waals surface area contributed by atoms with Crippen molar-refractivity contribution in [3.63, 3.8) is 0 Å². The summed E-state index contributed by atoms with van der Waals surface area (Å²) in [7, 11) is 0. The van der Waals surface area contributed by atoms with E-state index < -0.39 is 0 Å². The molecule has 3 nitrogen and oxygen atoms in total. The lowest BCUT2D eigenvalue weighted by Gasteiger charge is -2.14. The van der Waals surface area contributed by atoms with E-state index in [2.05, 4.69) is 24.4 Å². The Bertz CT molecular complexity index is 448. The fraction of sp³-hybridized carbons (Fsp3) is 0.333. The molecule has 1 atom stereocenters. The van der Waals surface area contributed by atoms with Crippen molar-refractivity contribution in [3.8, 4) is 5.75 Å². The minimum Gasteiger partial charge on any atom is -0.494 e. The highest BCUT2D eigenvalue weighted by atomic mass is 16.5. The first-order valence-corrected chi connectivity index (χ1v) is 6.28. The van der Waals surface area contributed by atoms with Crippen LogP contribution in [0.4, 0.5) is 0 Å². The summed E-state index contributed by atoms with van der Waals surface area (Å²) in [6, 6.07) is 12.3. The molecule has 0 amide bonds. The van der Waals surface area contributed by atoms with Gasteiger partial charge in [-0.25, -0.2) is 0 Å². The summed E-state index contributed by atoms with van der Waals surface area (Å²) < 4.78 is 10.7. The average molecular weight is 245 g/mol. The van der Waals surface area contributed by atoms with E-state index in [-0.39, 0.29) is 6.04 Å². The van der Waals surface area contributed by atoms with Gasteiger partial charge in [-0.3, -0.25) is 0 Å². The summed E-state index contributed by atoms with van der Waals surface area (Å²) in [4.78, 5) is 0. The second kappa shape index (κ2) is 6.26. The standard InChI is InChI=1S/C15H19NO2/c1-3-17-14-8-6-13(7-9-14)12(2)16-11-15-5-4-10-18-15/h4-10,12,16H,3,11H2,1-2H3. The van der Waals surface area contributed by atoms with E-state index in [0.29, 0.717) is 6.61 Å². The first-order chi connectivity index (χ1) is 8.79. The van der Waals surface area contributed by atoms with Crippen LogP contribution in [0.15, 0.2) is 47.1 Å². The number of hydrogen-bond donors (Lipinski definition) is 1. The Labute approximate surface area is 108 Å². The Morgan fingerprint density at radius 1 is 1.22 bits per heavy atom. The first kappa shape index (κ1) is 12.7. The maximum absolute atomic E-state index is 5.42. The number of furan rings is 1.